The second-order valence-corrected chi connectivity index (χ2v) is 15.1. The van der Waals surface area contributed by atoms with Crippen LogP contribution >= 0.6 is 0 Å². The number of fused-ring (bicyclic) bond motifs is 4. The number of para-hydroxylation sites is 4. The average molecular weight is 772 g/mol. The van der Waals surface area contributed by atoms with Crippen molar-refractivity contribution >= 4 is 33.0 Å². The molecule has 1 N–H and O–H groups in total. The Bertz CT molecular complexity index is 3350. The number of aromatic nitrogens is 3. The molecule has 8 aromatic carbocycles. The molecule has 3 heterocycles. The van der Waals surface area contributed by atoms with Gasteiger partial charge < -0.3 is 9.52 Å². The molecular weight excluding hydrogens is 735 g/mol. The van der Waals surface area contributed by atoms with E-state index in [1.165, 1.54) is 11.1 Å². The first-order valence-corrected chi connectivity index (χ1v) is 20.2. The zero-order valence-electron chi connectivity index (χ0n) is 32.5. The minimum Gasteiger partial charge on any atom is -0.507 e. The molecule has 0 saturated carbocycles. The van der Waals surface area contributed by atoms with Gasteiger partial charge >= 0.3 is 0 Å². The maximum Gasteiger partial charge on any atom is 0.161 e. The molecule has 0 bridgehead atoms. The van der Waals surface area contributed by atoms with Crippen LogP contribution in [0, 0.1) is 0 Å². The Morgan fingerprint density at radius 2 is 1.13 bits per heavy atom. The number of hydrogen-bond donors (Lipinski definition) is 1. The van der Waals surface area contributed by atoms with Crippen LogP contribution in [0.25, 0.3) is 94.7 Å². The molecule has 0 aliphatic heterocycles. The highest BCUT2D eigenvalue weighted by Gasteiger charge is 2.23. The lowest BCUT2D eigenvalue weighted by Crippen LogP contribution is -1.98. The number of hydrogen-bond acceptors (Lipinski definition) is 4. The van der Waals surface area contributed by atoms with Gasteiger partial charge in [-0.1, -0.05) is 146 Å². The number of aromatic hydroxyl groups is 1. The topological polar surface area (TPSA) is 64.1 Å². The molecule has 0 aliphatic carbocycles. The van der Waals surface area contributed by atoms with Crippen LogP contribution in [0.1, 0.15) is 11.1 Å². The first-order valence-electron chi connectivity index (χ1n) is 20.2. The molecule has 60 heavy (non-hydrogen) atoms. The smallest absolute Gasteiger partial charge is 0.161 e. The van der Waals surface area contributed by atoms with E-state index < -0.39 is 0 Å². The van der Waals surface area contributed by atoms with E-state index >= 15 is 0 Å². The number of rotatable bonds is 8. The van der Waals surface area contributed by atoms with Crippen molar-refractivity contribution < 1.29 is 9.52 Å². The van der Waals surface area contributed by atoms with Gasteiger partial charge in [0.25, 0.3) is 0 Å². The number of phenolic OH excluding ortho intramolecular Hbond substituents is 1. The Balaban J connectivity index is 1.14. The van der Waals surface area contributed by atoms with Gasteiger partial charge in [-0.3, -0.25) is 9.55 Å². The van der Waals surface area contributed by atoms with Gasteiger partial charge in [-0.25, -0.2) is 4.98 Å². The van der Waals surface area contributed by atoms with Gasteiger partial charge in [0, 0.05) is 39.3 Å². The molecule has 0 aliphatic rings. The summed E-state index contributed by atoms with van der Waals surface area (Å²) in [5, 5.41) is 14.1. The minimum atomic E-state index is 0.183. The van der Waals surface area contributed by atoms with Crippen LogP contribution in [0.5, 0.6) is 5.75 Å². The fraction of sp³-hybridized carbons (Fsp3) is 0.0182. The summed E-state index contributed by atoms with van der Waals surface area (Å²) in [7, 11) is 0. The van der Waals surface area contributed by atoms with Crippen molar-refractivity contribution in [2.45, 2.75) is 6.42 Å². The van der Waals surface area contributed by atoms with E-state index in [1.807, 2.05) is 97.2 Å². The lowest BCUT2D eigenvalue weighted by atomic mass is 9.92. The maximum atomic E-state index is 12.0. The summed E-state index contributed by atoms with van der Waals surface area (Å²) in [6.07, 6.45) is 2.70. The summed E-state index contributed by atoms with van der Waals surface area (Å²) < 4.78 is 8.70. The third-order valence-electron chi connectivity index (χ3n) is 11.4. The Labute approximate surface area is 347 Å². The van der Waals surface area contributed by atoms with E-state index in [2.05, 4.69) is 114 Å². The molecule has 5 nitrogen and oxygen atoms in total. The third-order valence-corrected chi connectivity index (χ3v) is 11.4. The largest absolute Gasteiger partial charge is 0.507 e. The van der Waals surface area contributed by atoms with Crippen molar-refractivity contribution in [1.82, 2.24) is 14.5 Å². The van der Waals surface area contributed by atoms with Gasteiger partial charge in [0.1, 0.15) is 22.9 Å². The number of pyridine rings is 1. The van der Waals surface area contributed by atoms with Crippen LogP contribution in [0.4, 0.5) is 0 Å². The molecule has 0 amide bonds. The Morgan fingerprint density at radius 1 is 0.483 bits per heavy atom. The summed E-state index contributed by atoms with van der Waals surface area (Å²) in [5.41, 5.74) is 14.9. The van der Waals surface area contributed by atoms with Crippen LogP contribution in [0.15, 0.2) is 211 Å². The molecular formula is C55H37N3O2. The molecule has 11 aromatic rings. The Hall–Kier alpha value is -8.02. The molecule has 0 fully saturated rings. The zero-order valence-corrected chi connectivity index (χ0v) is 32.5. The number of benzene rings is 8. The summed E-state index contributed by atoms with van der Waals surface area (Å²) in [6.45, 7) is 0. The van der Waals surface area contributed by atoms with Gasteiger partial charge in [-0.05, 0) is 94.4 Å². The summed E-state index contributed by atoms with van der Waals surface area (Å²) in [4.78, 5) is 10.4. The second-order valence-electron chi connectivity index (χ2n) is 15.1. The molecule has 284 valence electrons. The number of furan rings is 1. The lowest BCUT2D eigenvalue weighted by Gasteiger charge is -2.13. The number of nitrogens with zero attached hydrogens (tertiary/aromatic N) is 3. The standard InChI is InChI=1S/C55H37N3O2/c59-53-45(38-18-6-2-7-19-38)25-13-26-48(53)55-57-52-44(24-14-27-49(52)58(55)43-21-8-3-9-22-43)41-33-40(39-20-12-17-37(32-39)31-36-15-4-1-5-16-36)34-42(35-41)51-54-47(29-30-56-51)46-23-10-11-28-50(46)60-54/h1-30,32-35,59H,31H2. The normalized spacial score (nSPS) is 11.5. The zero-order chi connectivity index (χ0) is 40.0. The number of phenols is 1. The first-order chi connectivity index (χ1) is 29.7. The molecule has 11 rings (SSSR count). The molecule has 0 saturated heterocycles. The van der Waals surface area contributed by atoms with Crippen LogP contribution in [-0.2, 0) is 6.42 Å². The predicted molar refractivity (Wildman–Crippen MR) is 244 cm³/mol. The first kappa shape index (κ1) is 35.2. The van der Waals surface area contributed by atoms with Crippen LogP contribution in [0.2, 0.25) is 0 Å². The summed E-state index contributed by atoms with van der Waals surface area (Å²) in [6, 6.07) is 68.7. The monoisotopic (exact) mass is 771 g/mol. The van der Waals surface area contributed by atoms with Gasteiger partial charge in [-0.15, -0.1) is 0 Å². The highest BCUT2D eigenvalue weighted by molar-refractivity contribution is 6.09. The fourth-order valence-electron chi connectivity index (χ4n) is 8.56. The van der Waals surface area contributed by atoms with E-state index in [9.17, 15) is 5.11 Å². The van der Waals surface area contributed by atoms with Gasteiger partial charge in [0.05, 0.1) is 16.6 Å². The van der Waals surface area contributed by atoms with E-state index in [4.69, 9.17) is 14.4 Å². The van der Waals surface area contributed by atoms with Crippen molar-refractivity contribution in [1.29, 1.82) is 0 Å². The quantitative estimate of drug-likeness (QED) is 0.167. The van der Waals surface area contributed by atoms with E-state index in [-0.39, 0.29) is 5.75 Å². The lowest BCUT2D eigenvalue weighted by molar-refractivity contribution is 0.479. The third kappa shape index (κ3) is 6.21. The molecule has 3 aromatic heterocycles. The highest BCUT2D eigenvalue weighted by Crippen LogP contribution is 2.43. The van der Waals surface area contributed by atoms with Crippen molar-refractivity contribution in [3.05, 3.63) is 218 Å². The SMILES string of the molecule is Oc1c(-c2ccccc2)cccc1-c1nc2c(-c3cc(-c4cccc(Cc5ccccc5)c4)cc(-c4nccc5c4oc4ccccc45)c3)cccc2n1-c1ccccc1. The second kappa shape index (κ2) is 14.7. The molecule has 0 atom stereocenters. The van der Waals surface area contributed by atoms with E-state index in [1.54, 1.807) is 0 Å². The van der Waals surface area contributed by atoms with Gasteiger partial charge in [0.15, 0.2) is 5.58 Å². The van der Waals surface area contributed by atoms with Crippen molar-refractivity contribution in [3.63, 3.8) is 0 Å². The predicted octanol–water partition coefficient (Wildman–Crippen LogP) is 14.0. The summed E-state index contributed by atoms with van der Waals surface area (Å²) in [5.74, 6) is 0.833. The van der Waals surface area contributed by atoms with E-state index in [0.29, 0.717) is 11.4 Å². The molecule has 0 unspecified atom stereocenters. The maximum absolute atomic E-state index is 12.0. The number of imidazole rings is 1. The Morgan fingerprint density at radius 3 is 1.98 bits per heavy atom. The van der Waals surface area contributed by atoms with Crippen LogP contribution < -0.4 is 0 Å². The molecule has 5 heteroatoms. The fourth-order valence-corrected chi connectivity index (χ4v) is 8.56. The van der Waals surface area contributed by atoms with Crippen molar-refractivity contribution in [3.8, 4) is 67.5 Å². The van der Waals surface area contributed by atoms with Crippen molar-refractivity contribution in [2.24, 2.45) is 0 Å². The average Bonchev–Trinajstić information content (AvgIpc) is 3.89. The van der Waals surface area contributed by atoms with E-state index in [0.717, 1.165) is 89.7 Å². The Kier molecular flexibility index (Phi) is 8.63. The minimum absolute atomic E-state index is 0.183. The van der Waals surface area contributed by atoms with Gasteiger partial charge in [0.2, 0.25) is 0 Å². The van der Waals surface area contributed by atoms with Crippen LogP contribution in [-0.4, -0.2) is 19.6 Å². The highest BCUT2D eigenvalue weighted by atomic mass is 16.3. The summed E-state index contributed by atoms with van der Waals surface area (Å²) >= 11 is 0. The molecule has 0 spiro atoms. The molecule has 0 radical (unpaired) electrons. The van der Waals surface area contributed by atoms with Gasteiger partial charge in [-0.2, -0.15) is 0 Å². The van der Waals surface area contributed by atoms with Crippen LogP contribution in [0.3, 0.4) is 0 Å². The van der Waals surface area contributed by atoms with Crippen molar-refractivity contribution in [2.75, 3.05) is 0 Å².